The summed E-state index contributed by atoms with van der Waals surface area (Å²) in [5, 5.41) is 9.84. The minimum atomic E-state index is -1.31. The third-order valence-electron chi connectivity index (χ3n) is 13.6. The zero-order valence-corrected chi connectivity index (χ0v) is 31.8. The highest BCUT2D eigenvalue weighted by Gasteiger charge is 2.86. The normalized spacial score (nSPS) is 30.0. The van der Waals surface area contributed by atoms with Crippen LogP contribution in [0.3, 0.4) is 0 Å². The topological polar surface area (TPSA) is 91.0 Å². The highest BCUT2D eigenvalue weighted by atomic mass is 16.6. The molecule has 1 saturated carbocycles. The Morgan fingerprint density at radius 1 is 0.727 bits per heavy atom. The number of hydrogen-bond donors (Lipinski definition) is 0. The van der Waals surface area contributed by atoms with E-state index in [4.69, 9.17) is 28.1 Å². The molecule has 2 aromatic carbocycles. The first-order valence-corrected chi connectivity index (χ1v) is 18.6. The number of Topliss-reactive ketones (excluding diaryl/α,β-unsaturated/α-hetero) is 2. The second-order valence-electron chi connectivity index (χ2n) is 17.1. The number of epoxide rings is 1. The highest BCUT2D eigenvalue weighted by Crippen LogP contribution is 2.67. The van der Waals surface area contributed by atoms with Crippen molar-refractivity contribution in [2.24, 2.45) is 36.8 Å². The molecule has 4 aliphatic carbocycles. The number of allylic oxidation sites excluding steroid dienone is 2. The Balaban J connectivity index is 0.000000181. The van der Waals surface area contributed by atoms with E-state index in [0.29, 0.717) is 0 Å². The number of nitrogens with zero attached hydrogens (tertiary/aromatic N) is 6. The SMILES string of the molecule is C.C.[C-]#[N+]C1=C[C@]2(C)c3nn(C)c(-c4ccccc4)c3CC[C@H]2C(C)(C)C1=O.[C-]#[N+][C@@]12O[C@@H]1[C@]1(C)c3nn(C)c(-c4ccccc4)c3CC[C@H]1C(C)(C)C2=O. The molecule has 0 radical (unpaired) electrons. The van der Waals surface area contributed by atoms with Gasteiger partial charge in [0.15, 0.2) is 11.9 Å². The lowest BCUT2D eigenvalue weighted by molar-refractivity contribution is -0.138. The molecule has 1 saturated heterocycles. The molecule has 0 N–H and O–H groups in total. The molecule has 9 nitrogen and oxygen atoms in total. The van der Waals surface area contributed by atoms with Crippen molar-refractivity contribution in [2.75, 3.05) is 0 Å². The number of benzene rings is 2. The maximum absolute atomic E-state index is 13.1. The molecule has 0 spiro atoms. The van der Waals surface area contributed by atoms with E-state index in [1.807, 2.05) is 93.6 Å². The summed E-state index contributed by atoms with van der Waals surface area (Å²) in [6, 6.07) is 20.6. The first-order valence-electron chi connectivity index (χ1n) is 18.6. The third kappa shape index (κ3) is 5.19. The molecule has 2 fully saturated rings. The number of aryl methyl sites for hydroxylation is 2. The molecule has 1 aliphatic heterocycles. The van der Waals surface area contributed by atoms with Crippen LogP contribution in [0.25, 0.3) is 32.2 Å². The molecule has 4 aromatic rings. The predicted octanol–water partition coefficient (Wildman–Crippen LogP) is 9.12. The first-order chi connectivity index (χ1) is 25.1. The van der Waals surface area contributed by atoms with E-state index in [1.165, 1.54) is 11.1 Å². The van der Waals surface area contributed by atoms with E-state index in [-0.39, 0.29) is 44.0 Å². The second kappa shape index (κ2) is 13.0. The molecule has 2 aromatic heterocycles. The van der Waals surface area contributed by atoms with Crippen LogP contribution in [0.2, 0.25) is 0 Å². The standard InChI is InChI=1S/C22H23N3O2.C22H23N3O.2CH4/c1-20(2)15-12-11-14-16(13-9-7-6-8-10-13)25(5)24-17(14)21(15,3)19-22(23-4,27-19)18(20)26;1-21(2)17-12-11-15-18(14-9-7-6-8-10-14)25(5)24-19(15)22(17,3)13-16(23-4)20(21)26;;/h6-10,15,19H,11-12H2,1-3,5H3;6-10,13,17H,11-12H2,1-3,5H3;2*1H4/t15-,19+,21-,22-;17-,22-;;/m00../s1. The Hall–Kier alpha value is -5.12. The van der Waals surface area contributed by atoms with E-state index in [1.54, 1.807) is 0 Å². The van der Waals surface area contributed by atoms with Gasteiger partial charge in [0.2, 0.25) is 5.70 Å². The number of carbonyl (C=O) groups is 2. The van der Waals surface area contributed by atoms with Crippen LogP contribution in [-0.4, -0.2) is 43.0 Å². The van der Waals surface area contributed by atoms with Crippen molar-refractivity contribution in [2.45, 2.75) is 105 Å². The van der Waals surface area contributed by atoms with Gasteiger partial charge < -0.3 is 4.79 Å². The number of fused-ring (bicyclic) bond motifs is 8. The van der Waals surface area contributed by atoms with Crippen molar-refractivity contribution in [1.29, 1.82) is 0 Å². The largest absolute Gasteiger partial charge is 0.425 e. The van der Waals surface area contributed by atoms with Crippen LogP contribution in [0.5, 0.6) is 0 Å². The van der Waals surface area contributed by atoms with Crippen molar-refractivity contribution >= 4 is 11.6 Å². The van der Waals surface area contributed by atoms with Crippen molar-refractivity contribution in [3.63, 3.8) is 0 Å². The summed E-state index contributed by atoms with van der Waals surface area (Å²) in [6.45, 7) is 27.4. The molecule has 286 valence electrons. The number of ketones is 2. The number of rotatable bonds is 2. The van der Waals surface area contributed by atoms with Gasteiger partial charge in [-0.2, -0.15) is 10.2 Å². The van der Waals surface area contributed by atoms with Crippen LogP contribution >= 0.6 is 0 Å². The fourth-order valence-corrected chi connectivity index (χ4v) is 11.1. The lowest BCUT2D eigenvalue weighted by Gasteiger charge is -2.49. The molecule has 9 heteroatoms. The van der Waals surface area contributed by atoms with E-state index in [2.05, 4.69) is 47.8 Å². The molecular weight excluding hydrogens is 685 g/mol. The fraction of sp³-hybridized carbons (Fsp3) is 0.478. The van der Waals surface area contributed by atoms with Gasteiger partial charge in [0.05, 0.1) is 34.8 Å². The van der Waals surface area contributed by atoms with Gasteiger partial charge in [0.1, 0.15) is 0 Å². The summed E-state index contributed by atoms with van der Waals surface area (Å²) < 4.78 is 9.81. The number of hydrogen-bond acceptors (Lipinski definition) is 5. The first kappa shape index (κ1) is 39.6. The smallest absolute Gasteiger partial charge is 0.307 e. The van der Waals surface area contributed by atoms with Gasteiger partial charge in [-0.25, -0.2) is 11.4 Å². The summed E-state index contributed by atoms with van der Waals surface area (Å²) in [5.74, 6) is 0.183. The minimum Gasteiger partial charge on any atom is -0.307 e. The number of ether oxygens (including phenoxy) is 1. The molecule has 5 aliphatic rings. The van der Waals surface area contributed by atoms with Crippen molar-refractivity contribution in [3.05, 3.63) is 118 Å². The van der Waals surface area contributed by atoms with Gasteiger partial charge in [-0.1, -0.05) is 123 Å². The predicted molar refractivity (Wildman–Crippen MR) is 216 cm³/mol. The van der Waals surface area contributed by atoms with E-state index >= 15 is 0 Å². The van der Waals surface area contributed by atoms with Gasteiger partial charge >= 0.3 is 5.72 Å². The summed E-state index contributed by atoms with van der Waals surface area (Å²) >= 11 is 0. The average Bonchev–Trinajstić information content (AvgIpc) is 3.68. The molecule has 55 heavy (non-hydrogen) atoms. The van der Waals surface area contributed by atoms with Crippen LogP contribution in [0.1, 0.15) is 91.8 Å². The second-order valence-corrected chi connectivity index (χ2v) is 17.1. The van der Waals surface area contributed by atoms with Gasteiger partial charge in [-0.15, -0.1) is 0 Å². The number of carbonyl (C=O) groups excluding carboxylic acids is 2. The Kier molecular flexibility index (Phi) is 9.35. The Labute approximate surface area is 326 Å². The van der Waals surface area contributed by atoms with E-state index in [9.17, 15) is 9.59 Å². The molecule has 9 rings (SSSR count). The highest BCUT2D eigenvalue weighted by molar-refractivity contribution is 6.03. The zero-order valence-electron chi connectivity index (χ0n) is 31.8. The summed E-state index contributed by atoms with van der Waals surface area (Å²) in [6.07, 6.45) is 5.12. The average molecular weight is 739 g/mol. The van der Waals surface area contributed by atoms with Crippen molar-refractivity contribution in [3.8, 4) is 22.5 Å². The van der Waals surface area contributed by atoms with E-state index in [0.717, 1.165) is 59.6 Å². The summed E-state index contributed by atoms with van der Waals surface area (Å²) in [7, 11) is 3.96. The fourth-order valence-electron chi connectivity index (χ4n) is 11.1. The van der Waals surface area contributed by atoms with Gasteiger partial charge in [-0.05, 0) is 37.5 Å². The quantitative estimate of drug-likeness (QED) is 0.151. The monoisotopic (exact) mass is 738 g/mol. The lowest BCUT2D eigenvalue weighted by atomic mass is 9.50. The molecular formula is C46H54N6O3. The molecule has 0 bridgehead atoms. The van der Waals surface area contributed by atoms with Crippen LogP contribution in [-0.2, 0) is 52.1 Å². The Morgan fingerprint density at radius 3 is 1.73 bits per heavy atom. The van der Waals surface area contributed by atoms with Crippen molar-refractivity contribution in [1.82, 2.24) is 19.6 Å². The van der Waals surface area contributed by atoms with Gasteiger partial charge in [0, 0.05) is 52.6 Å². The zero-order chi connectivity index (χ0) is 37.9. The Morgan fingerprint density at radius 2 is 1.22 bits per heavy atom. The minimum absolute atomic E-state index is 0. The lowest BCUT2D eigenvalue weighted by Crippen LogP contribution is -2.59. The van der Waals surface area contributed by atoms with Crippen LogP contribution in [0, 0.1) is 35.8 Å². The maximum atomic E-state index is 13.1. The van der Waals surface area contributed by atoms with Crippen LogP contribution in [0.15, 0.2) is 72.4 Å². The maximum Gasteiger partial charge on any atom is 0.425 e. The molecule has 6 atom stereocenters. The Bertz CT molecular complexity index is 2320. The molecule has 0 amide bonds. The van der Waals surface area contributed by atoms with Crippen LogP contribution < -0.4 is 0 Å². The number of aromatic nitrogens is 4. The van der Waals surface area contributed by atoms with E-state index < -0.39 is 33.5 Å². The van der Waals surface area contributed by atoms with Crippen molar-refractivity contribution < 1.29 is 14.3 Å². The summed E-state index contributed by atoms with van der Waals surface area (Å²) in [4.78, 5) is 33.1. The van der Waals surface area contributed by atoms with Gasteiger partial charge in [-0.3, -0.25) is 23.7 Å². The molecule has 0 unspecified atom stereocenters. The van der Waals surface area contributed by atoms with Crippen LogP contribution in [0.4, 0.5) is 0 Å². The van der Waals surface area contributed by atoms with Gasteiger partial charge in [0.25, 0.3) is 5.78 Å². The third-order valence-corrected chi connectivity index (χ3v) is 13.6. The summed E-state index contributed by atoms with van der Waals surface area (Å²) in [5.41, 5.74) is 6.08. The molecule has 3 heterocycles.